The Morgan fingerprint density at radius 1 is 0.812 bits per heavy atom. The molecule has 0 bridgehead atoms. The van der Waals surface area contributed by atoms with E-state index >= 15 is 0 Å². The minimum atomic E-state index is -1.03. The first kappa shape index (κ1) is 21.2. The van der Waals surface area contributed by atoms with E-state index in [-0.39, 0.29) is 5.69 Å². The second-order valence-corrected chi connectivity index (χ2v) is 7.39. The summed E-state index contributed by atoms with van der Waals surface area (Å²) >= 11 is 0. The molecule has 0 fully saturated rings. The molecule has 0 aliphatic heterocycles. The lowest BCUT2D eigenvalue weighted by Gasteiger charge is -2.35. The molecule has 160 valence electrons. The van der Waals surface area contributed by atoms with Gasteiger partial charge in [-0.3, -0.25) is 4.98 Å². The highest BCUT2D eigenvalue weighted by Crippen LogP contribution is 2.32. The van der Waals surface area contributed by atoms with Gasteiger partial charge in [-0.2, -0.15) is 0 Å². The van der Waals surface area contributed by atoms with Gasteiger partial charge < -0.3 is 10.6 Å². The summed E-state index contributed by atoms with van der Waals surface area (Å²) in [6.45, 7) is 0. The zero-order chi connectivity index (χ0) is 22.4. The van der Waals surface area contributed by atoms with E-state index in [1.807, 2.05) is 72.8 Å². The van der Waals surface area contributed by atoms with Gasteiger partial charge in [0.2, 0.25) is 0 Å². The molecule has 0 aliphatic carbocycles. The average molecular weight is 429 g/mol. The number of carbonyl (C=O) groups is 1. The minimum absolute atomic E-state index is 0.0164. The van der Waals surface area contributed by atoms with Crippen LogP contribution >= 0.6 is 0 Å². The molecule has 32 heavy (non-hydrogen) atoms. The highest BCUT2D eigenvalue weighted by molar-refractivity contribution is 5.90. The zero-order valence-corrected chi connectivity index (χ0v) is 17.1. The largest absolute Gasteiger partial charge is 0.322 e. The van der Waals surface area contributed by atoms with E-state index in [0.717, 1.165) is 29.3 Å². The highest BCUT2D eigenvalue weighted by Gasteiger charge is 2.37. The molecule has 0 spiro atoms. The van der Waals surface area contributed by atoms with Crippen molar-refractivity contribution >= 4 is 11.7 Å². The van der Waals surface area contributed by atoms with Gasteiger partial charge in [0, 0.05) is 24.4 Å². The molecule has 2 N–H and O–H groups in total. The number of aromatic nitrogens is 1. The van der Waals surface area contributed by atoms with Crippen LogP contribution in [0.2, 0.25) is 0 Å². The van der Waals surface area contributed by atoms with Crippen molar-refractivity contribution in [2.75, 3.05) is 5.32 Å². The van der Waals surface area contributed by atoms with Crippen molar-refractivity contribution in [2.45, 2.75) is 12.0 Å². The molecular formula is C26H21F2N3O. The Morgan fingerprint density at radius 2 is 1.44 bits per heavy atom. The molecule has 1 atom stereocenters. The van der Waals surface area contributed by atoms with Crippen LogP contribution in [0.25, 0.3) is 0 Å². The fourth-order valence-corrected chi connectivity index (χ4v) is 3.74. The topological polar surface area (TPSA) is 54.0 Å². The van der Waals surface area contributed by atoms with Crippen molar-refractivity contribution in [3.8, 4) is 0 Å². The van der Waals surface area contributed by atoms with Crippen molar-refractivity contribution in [1.82, 2.24) is 10.3 Å². The van der Waals surface area contributed by atoms with Crippen LogP contribution in [-0.2, 0) is 12.0 Å². The molecule has 6 heteroatoms. The van der Waals surface area contributed by atoms with E-state index in [1.54, 1.807) is 12.3 Å². The Hall–Kier alpha value is -4.06. The van der Waals surface area contributed by atoms with Crippen molar-refractivity contribution < 1.29 is 13.6 Å². The van der Waals surface area contributed by atoms with Gasteiger partial charge in [0.1, 0.15) is 17.2 Å². The van der Waals surface area contributed by atoms with Crippen LogP contribution in [0.4, 0.5) is 19.3 Å². The van der Waals surface area contributed by atoms with E-state index < -0.39 is 23.2 Å². The second kappa shape index (κ2) is 9.39. The SMILES string of the molecule is O=C(Nc1cc(F)cc(F)c1)NC(Cc1ccccc1)(c1ccccc1)c1ccccn1. The van der Waals surface area contributed by atoms with Gasteiger partial charge in [0.05, 0.1) is 5.69 Å². The maximum Gasteiger partial charge on any atom is 0.320 e. The van der Waals surface area contributed by atoms with E-state index in [4.69, 9.17) is 0 Å². The standard InChI is InChI=1S/C26H21F2N3O/c27-21-15-22(28)17-23(16-21)30-25(32)31-26(20-11-5-2-6-12-20,24-13-7-8-14-29-24)18-19-9-3-1-4-10-19/h1-17H,18H2,(H2,30,31,32). The number of hydrogen-bond donors (Lipinski definition) is 2. The van der Waals surface area contributed by atoms with Crippen LogP contribution < -0.4 is 10.6 Å². The normalized spacial score (nSPS) is 12.6. The van der Waals surface area contributed by atoms with Gasteiger partial charge in [-0.15, -0.1) is 0 Å². The van der Waals surface area contributed by atoms with E-state index in [2.05, 4.69) is 15.6 Å². The number of hydrogen-bond acceptors (Lipinski definition) is 2. The fourth-order valence-electron chi connectivity index (χ4n) is 3.74. The van der Waals surface area contributed by atoms with E-state index in [0.29, 0.717) is 12.1 Å². The number of urea groups is 1. The predicted molar refractivity (Wildman–Crippen MR) is 120 cm³/mol. The lowest BCUT2D eigenvalue weighted by Crippen LogP contribution is -2.50. The Kier molecular flexibility index (Phi) is 6.22. The summed E-state index contributed by atoms with van der Waals surface area (Å²) in [6.07, 6.45) is 2.08. The average Bonchev–Trinajstić information content (AvgIpc) is 2.80. The van der Waals surface area contributed by atoms with Gasteiger partial charge >= 0.3 is 6.03 Å². The predicted octanol–water partition coefficient (Wildman–Crippen LogP) is 5.67. The number of nitrogens with zero attached hydrogens (tertiary/aromatic N) is 1. The van der Waals surface area contributed by atoms with Crippen molar-refractivity contribution in [1.29, 1.82) is 0 Å². The number of carbonyl (C=O) groups excluding carboxylic acids is 1. The molecule has 2 amide bonds. The molecule has 0 aliphatic rings. The first-order chi connectivity index (χ1) is 15.5. The lowest BCUT2D eigenvalue weighted by molar-refractivity contribution is 0.241. The third-order valence-electron chi connectivity index (χ3n) is 5.13. The van der Waals surface area contributed by atoms with Crippen LogP contribution in [0.5, 0.6) is 0 Å². The molecule has 4 rings (SSSR count). The molecular weight excluding hydrogens is 408 g/mol. The summed E-state index contributed by atoms with van der Waals surface area (Å²) < 4.78 is 27.2. The van der Waals surface area contributed by atoms with Gasteiger partial charge in [-0.1, -0.05) is 66.7 Å². The molecule has 0 saturated heterocycles. The Balaban J connectivity index is 1.77. The summed E-state index contributed by atoms with van der Waals surface area (Å²) in [4.78, 5) is 17.6. The third-order valence-corrected chi connectivity index (χ3v) is 5.13. The molecule has 1 heterocycles. The highest BCUT2D eigenvalue weighted by atomic mass is 19.1. The van der Waals surface area contributed by atoms with Gasteiger partial charge in [0.15, 0.2) is 0 Å². The number of amides is 2. The first-order valence-corrected chi connectivity index (χ1v) is 10.1. The summed E-state index contributed by atoms with van der Waals surface area (Å²) in [5.74, 6) is -1.55. The summed E-state index contributed by atoms with van der Waals surface area (Å²) in [5, 5.41) is 5.59. The van der Waals surface area contributed by atoms with Crippen LogP contribution in [0.1, 0.15) is 16.8 Å². The van der Waals surface area contributed by atoms with Gasteiger partial charge in [-0.05, 0) is 35.4 Å². The van der Waals surface area contributed by atoms with E-state index in [1.165, 1.54) is 0 Å². The van der Waals surface area contributed by atoms with Crippen molar-refractivity contribution in [3.05, 3.63) is 132 Å². The Labute approximate surface area is 185 Å². The Bertz CT molecular complexity index is 1130. The van der Waals surface area contributed by atoms with Crippen molar-refractivity contribution in [2.24, 2.45) is 0 Å². The second-order valence-electron chi connectivity index (χ2n) is 7.39. The number of halogens is 2. The van der Waals surface area contributed by atoms with Gasteiger partial charge in [0.25, 0.3) is 0 Å². The molecule has 0 saturated carbocycles. The number of pyridine rings is 1. The van der Waals surface area contributed by atoms with Crippen LogP contribution in [0.3, 0.4) is 0 Å². The zero-order valence-electron chi connectivity index (χ0n) is 17.1. The third kappa shape index (κ3) is 4.81. The molecule has 1 unspecified atom stereocenters. The monoisotopic (exact) mass is 429 g/mol. The number of benzene rings is 3. The first-order valence-electron chi connectivity index (χ1n) is 10.1. The maximum atomic E-state index is 13.6. The molecule has 3 aromatic carbocycles. The van der Waals surface area contributed by atoms with E-state index in [9.17, 15) is 13.6 Å². The van der Waals surface area contributed by atoms with Crippen molar-refractivity contribution in [3.63, 3.8) is 0 Å². The smallest absolute Gasteiger partial charge is 0.320 e. The molecule has 1 aromatic heterocycles. The lowest BCUT2D eigenvalue weighted by atomic mass is 9.80. The molecule has 4 aromatic rings. The number of anilines is 1. The maximum absolute atomic E-state index is 13.6. The summed E-state index contributed by atoms with van der Waals surface area (Å²) in [5.41, 5.74) is 1.43. The van der Waals surface area contributed by atoms with Gasteiger partial charge in [-0.25, -0.2) is 13.6 Å². The molecule has 0 radical (unpaired) electrons. The van der Waals surface area contributed by atoms with Crippen LogP contribution in [0, 0.1) is 11.6 Å². The number of nitrogens with one attached hydrogen (secondary N) is 2. The van der Waals surface area contributed by atoms with Crippen LogP contribution in [-0.4, -0.2) is 11.0 Å². The quantitative estimate of drug-likeness (QED) is 0.415. The summed E-state index contributed by atoms with van der Waals surface area (Å²) in [7, 11) is 0. The minimum Gasteiger partial charge on any atom is -0.322 e. The Morgan fingerprint density at radius 3 is 2.06 bits per heavy atom. The number of rotatable bonds is 6. The van der Waals surface area contributed by atoms with Crippen LogP contribution in [0.15, 0.2) is 103 Å². The summed E-state index contributed by atoms with van der Waals surface area (Å²) in [6, 6.07) is 27.0. The fraction of sp³-hybridized carbons (Fsp3) is 0.0769. The molecule has 4 nitrogen and oxygen atoms in total.